The quantitative estimate of drug-likeness (QED) is 0.876. The minimum absolute atomic E-state index is 0.0430. The summed E-state index contributed by atoms with van der Waals surface area (Å²) in [5, 5.41) is 12.0. The lowest BCUT2D eigenvalue weighted by molar-refractivity contribution is 0.0690. The number of aromatic nitrogens is 1. The van der Waals surface area contributed by atoms with Gasteiger partial charge in [0.2, 0.25) is 0 Å². The Balaban J connectivity index is 2.16. The van der Waals surface area contributed by atoms with Crippen molar-refractivity contribution in [1.82, 2.24) is 4.98 Å². The zero-order valence-electron chi connectivity index (χ0n) is 10.9. The number of nitrogens with zero attached hydrogens (tertiary/aromatic N) is 1. The number of carboxylic acids is 1. The fourth-order valence-electron chi connectivity index (χ4n) is 1.74. The molecule has 0 aliphatic heterocycles. The van der Waals surface area contributed by atoms with Gasteiger partial charge in [-0.3, -0.25) is 0 Å². The summed E-state index contributed by atoms with van der Waals surface area (Å²) in [5.41, 5.74) is 3.03. The molecule has 0 fully saturated rings. The molecule has 2 aromatic rings. The lowest BCUT2D eigenvalue weighted by Crippen LogP contribution is -2.00. The fraction of sp³-hybridized carbons (Fsp3) is 0.200. The van der Waals surface area contributed by atoms with E-state index in [9.17, 15) is 4.79 Å². The number of carboxylic acid groups (broad SMARTS) is 1. The lowest BCUT2D eigenvalue weighted by Gasteiger charge is -2.10. The van der Waals surface area contributed by atoms with Gasteiger partial charge >= 0.3 is 5.97 Å². The lowest BCUT2D eigenvalue weighted by atomic mass is 10.0. The zero-order chi connectivity index (χ0) is 13.8. The minimum atomic E-state index is -1.02. The second-order valence-electron chi connectivity index (χ2n) is 4.64. The van der Waals surface area contributed by atoms with Crippen LogP contribution in [0, 0.1) is 0 Å². The van der Waals surface area contributed by atoms with Crippen molar-refractivity contribution < 1.29 is 9.90 Å². The van der Waals surface area contributed by atoms with Crippen molar-refractivity contribution in [3.05, 3.63) is 53.9 Å². The van der Waals surface area contributed by atoms with E-state index < -0.39 is 5.97 Å². The van der Waals surface area contributed by atoms with Crippen LogP contribution in [-0.2, 0) is 0 Å². The summed E-state index contributed by atoms with van der Waals surface area (Å²) in [6.45, 7) is 4.28. The van der Waals surface area contributed by atoms with Crippen molar-refractivity contribution in [2.45, 2.75) is 19.8 Å². The molecule has 0 unspecified atom stereocenters. The molecule has 2 rings (SSSR count). The van der Waals surface area contributed by atoms with Gasteiger partial charge in [0.1, 0.15) is 5.69 Å². The van der Waals surface area contributed by atoms with Gasteiger partial charge in [0.15, 0.2) is 0 Å². The molecule has 1 heterocycles. The smallest absolute Gasteiger partial charge is 0.354 e. The molecule has 4 nitrogen and oxygen atoms in total. The fourth-order valence-corrected chi connectivity index (χ4v) is 1.74. The number of nitrogens with one attached hydrogen (secondary N) is 1. The van der Waals surface area contributed by atoms with Crippen LogP contribution in [0.15, 0.2) is 42.6 Å². The highest BCUT2D eigenvalue weighted by molar-refractivity contribution is 5.85. The summed E-state index contributed by atoms with van der Waals surface area (Å²) in [6.07, 6.45) is 1.52. The first kappa shape index (κ1) is 13.1. The van der Waals surface area contributed by atoms with Gasteiger partial charge in [-0.25, -0.2) is 9.78 Å². The van der Waals surface area contributed by atoms with Gasteiger partial charge < -0.3 is 10.4 Å². The van der Waals surface area contributed by atoms with E-state index in [1.807, 2.05) is 12.1 Å². The van der Waals surface area contributed by atoms with Crippen LogP contribution in [-0.4, -0.2) is 16.1 Å². The Labute approximate surface area is 112 Å². The van der Waals surface area contributed by atoms with E-state index >= 15 is 0 Å². The Morgan fingerprint density at radius 2 is 2.00 bits per heavy atom. The van der Waals surface area contributed by atoms with Gasteiger partial charge in [0.25, 0.3) is 0 Å². The number of benzene rings is 1. The van der Waals surface area contributed by atoms with Crippen molar-refractivity contribution in [1.29, 1.82) is 0 Å². The van der Waals surface area contributed by atoms with Gasteiger partial charge in [0, 0.05) is 5.69 Å². The third-order valence-corrected chi connectivity index (χ3v) is 2.82. The van der Waals surface area contributed by atoms with Gasteiger partial charge in [0.05, 0.1) is 11.9 Å². The van der Waals surface area contributed by atoms with Crippen LogP contribution in [0.4, 0.5) is 11.4 Å². The number of carbonyl (C=O) groups is 1. The second-order valence-corrected chi connectivity index (χ2v) is 4.64. The van der Waals surface area contributed by atoms with Crippen LogP contribution >= 0.6 is 0 Å². The van der Waals surface area contributed by atoms with Gasteiger partial charge in [-0.1, -0.05) is 26.0 Å². The molecule has 19 heavy (non-hydrogen) atoms. The number of aromatic carboxylic acids is 1. The van der Waals surface area contributed by atoms with Gasteiger partial charge in [-0.2, -0.15) is 0 Å². The predicted octanol–water partition coefficient (Wildman–Crippen LogP) is 3.65. The molecule has 0 bridgehead atoms. The van der Waals surface area contributed by atoms with Crippen LogP contribution in [0.25, 0.3) is 0 Å². The molecule has 98 valence electrons. The maximum Gasteiger partial charge on any atom is 0.354 e. The first-order valence-electron chi connectivity index (χ1n) is 6.12. The number of anilines is 2. The Morgan fingerprint density at radius 1 is 1.21 bits per heavy atom. The largest absolute Gasteiger partial charge is 0.477 e. The predicted molar refractivity (Wildman–Crippen MR) is 75.0 cm³/mol. The average Bonchev–Trinajstić information content (AvgIpc) is 2.39. The Hall–Kier alpha value is -2.36. The summed E-state index contributed by atoms with van der Waals surface area (Å²) in [6, 6.07) is 11.3. The molecule has 0 aliphatic carbocycles. The summed E-state index contributed by atoms with van der Waals surface area (Å²) in [7, 11) is 0. The minimum Gasteiger partial charge on any atom is -0.477 e. The zero-order valence-corrected chi connectivity index (χ0v) is 10.9. The van der Waals surface area contributed by atoms with E-state index in [0.717, 1.165) is 11.4 Å². The summed E-state index contributed by atoms with van der Waals surface area (Å²) in [4.78, 5) is 14.6. The first-order chi connectivity index (χ1) is 9.06. The number of pyridine rings is 1. The average molecular weight is 256 g/mol. The molecule has 0 spiro atoms. The second kappa shape index (κ2) is 5.52. The topological polar surface area (TPSA) is 62.2 Å². The summed E-state index contributed by atoms with van der Waals surface area (Å²) < 4.78 is 0. The molecule has 0 amide bonds. The molecular formula is C15H16N2O2. The van der Waals surface area contributed by atoms with Crippen LogP contribution in [0.3, 0.4) is 0 Å². The van der Waals surface area contributed by atoms with Crippen LogP contribution < -0.4 is 5.32 Å². The molecule has 2 N–H and O–H groups in total. The monoisotopic (exact) mass is 256 g/mol. The van der Waals surface area contributed by atoms with Crippen LogP contribution in [0.2, 0.25) is 0 Å². The Morgan fingerprint density at radius 3 is 2.58 bits per heavy atom. The van der Waals surface area contributed by atoms with Crippen molar-refractivity contribution in [3.8, 4) is 0 Å². The van der Waals surface area contributed by atoms with E-state index in [-0.39, 0.29) is 5.69 Å². The van der Waals surface area contributed by atoms with Crippen molar-refractivity contribution >= 4 is 17.3 Å². The molecule has 0 aliphatic rings. The maximum atomic E-state index is 10.7. The third kappa shape index (κ3) is 3.31. The van der Waals surface area contributed by atoms with Crippen LogP contribution in [0.5, 0.6) is 0 Å². The maximum absolute atomic E-state index is 10.7. The third-order valence-electron chi connectivity index (χ3n) is 2.82. The van der Waals surface area contributed by atoms with E-state index in [1.54, 1.807) is 6.07 Å². The number of rotatable bonds is 4. The first-order valence-corrected chi connectivity index (χ1v) is 6.12. The van der Waals surface area contributed by atoms with E-state index in [1.165, 1.54) is 17.8 Å². The molecular weight excluding hydrogens is 240 g/mol. The Kier molecular flexibility index (Phi) is 3.80. The Bertz CT molecular complexity index is 577. The normalized spacial score (nSPS) is 10.5. The molecule has 0 atom stereocenters. The van der Waals surface area contributed by atoms with E-state index in [0.29, 0.717) is 5.92 Å². The molecule has 1 aromatic heterocycles. The molecule has 0 saturated heterocycles. The van der Waals surface area contributed by atoms with Gasteiger partial charge in [-0.05, 0) is 35.7 Å². The van der Waals surface area contributed by atoms with Crippen molar-refractivity contribution in [2.75, 3.05) is 5.32 Å². The molecule has 0 saturated carbocycles. The van der Waals surface area contributed by atoms with Crippen molar-refractivity contribution in [3.63, 3.8) is 0 Å². The highest BCUT2D eigenvalue weighted by atomic mass is 16.4. The molecule has 1 aromatic carbocycles. The summed E-state index contributed by atoms with van der Waals surface area (Å²) >= 11 is 0. The number of hydrogen-bond acceptors (Lipinski definition) is 3. The number of hydrogen-bond donors (Lipinski definition) is 2. The SMILES string of the molecule is CC(C)c1cccc(Nc2ccc(C(=O)O)nc2)c1. The van der Waals surface area contributed by atoms with Gasteiger partial charge in [-0.15, -0.1) is 0 Å². The molecule has 0 radical (unpaired) electrons. The van der Waals surface area contributed by atoms with Crippen molar-refractivity contribution in [2.24, 2.45) is 0 Å². The molecule has 4 heteroatoms. The summed E-state index contributed by atoms with van der Waals surface area (Å²) in [5.74, 6) is -0.553. The van der Waals surface area contributed by atoms with Crippen LogP contribution in [0.1, 0.15) is 35.8 Å². The van der Waals surface area contributed by atoms with E-state index in [4.69, 9.17) is 5.11 Å². The highest BCUT2D eigenvalue weighted by Gasteiger charge is 2.04. The highest BCUT2D eigenvalue weighted by Crippen LogP contribution is 2.21. The standard InChI is InChI=1S/C15H16N2O2/c1-10(2)11-4-3-5-12(8-11)17-13-6-7-14(15(18)19)16-9-13/h3-10,17H,1-2H3,(H,18,19). The van der Waals surface area contributed by atoms with E-state index in [2.05, 4.69) is 36.3 Å².